The van der Waals surface area contributed by atoms with E-state index in [4.69, 9.17) is 0 Å². The molecule has 0 bridgehead atoms. The van der Waals surface area contributed by atoms with Gasteiger partial charge in [0.1, 0.15) is 0 Å². The summed E-state index contributed by atoms with van der Waals surface area (Å²) in [6.45, 7) is 3.21. The highest BCUT2D eigenvalue weighted by atomic mass is 32.3. The molecule has 22 heavy (non-hydrogen) atoms. The molecule has 0 heterocycles. The normalized spacial score (nSPS) is 12.7. The SMILES string of the molecule is CC(C)C(S(=O)(=O)c1ccccc1)S(=O)(=O)c1ccccc1. The van der Waals surface area contributed by atoms with Gasteiger partial charge in [0.2, 0.25) is 0 Å². The van der Waals surface area contributed by atoms with Gasteiger partial charge in [-0.2, -0.15) is 0 Å². The molecule has 0 aliphatic heterocycles. The van der Waals surface area contributed by atoms with Gasteiger partial charge in [0.25, 0.3) is 0 Å². The minimum Gasteiger partial charge on any atom is -0.222 e. The van der Waals surface area contributed by atoms with E-state index in [2.05, 4.69) is 0 Å². The van der Waals surface area contributed by atoms with E-state index in [1.54, 1.807) is 50.2 Å². The van der Waals surface area contributed by atoms with E-state index in [9.17, 15) is 16.8 Å². The van der Waals surface area contributed by atoms with Gasteiger partial charge in [-0.25, -0.2) is 16.8 Å². The topological polar surface area (TPSA) is 68.3 Å². The van der Waals surface area contributed by atoms with Gasteiger partial charge >= 0.3 is 0 Å². The fraction of sp³-hybridized carbons (Fsp3) is 0.250. The lowest BCUT2D eigenvalue weighted by Gasteiger charge is -2.21. The molecule has 0 aromatic heterocycles. The Bertz CT molecular complexity index is 755. The number of rotatable bonds is 5. The van der Waals surface area contributed by atoms with Gasteiger partial charge in [0.05, 0.1) is 9.79 Å². The molecule has 0 saturated heterocycles. The maximum atomic E-state index is 12.8. The lowest BCUT2D eigenvalue weighted by molar-refractivity contribution is 0.546. The highest BCUT2D eigenvalue weighted by Gasteiger charge is 2.41. The second-order valence-corrected chi connectivity index (χ2v) is 9.77. The van der Waals surface area contributed by atoms with Crippen LogP contribution in [0.5, 0.6) is 0 Å². The molecule has 0 N–H and O–H groups in total. The molecule has 2 rings (SSSR count). The van der Waals surface area contributed by atoms with Crippen molar-refractivity contribution < 1.29 is 16.8 Å². The Labute approximate surface area is 131 Å². The number of hydrogen-bond acceptors (Lipinski definition) is 4. The van der Waals surface area contributed by atoms with Crippen molar-refractivity contribution in [2.45, 2.75) is 28.2 Å². The minimum absolute atomic E-state index is 0.0215. The van der Waals surface area contributed by atoms with Crippen LogP contribution >= 0.6 is 0 Å². The summed E-state index contributed by atoms with van der Waals surface area (Å²) in [6.07, 6.45) is 0. The zero-order valence-electron chi connectivity index (χ0n) is 12.4. The largest absolute Gasteiger partial charge is 0.222 e. The van der Waals surface area contributed by atoms with Crippen LogP contribution in [0.4, 0.5) is 0 Å². The molecule has 0 amide bonds. The predicted octanol–water partition coefficient (Wildman–Crippen LogP) is 2.92. The van der Waals surface area contributed by atoms with E-state index in [0.717, 1.165) is 0 Å². The lowest BCUT2D eigenvalue weighted by Crippen LogP contribution is -2.35. The van der Waals surface area contributed by atoms with E-state index >= 15 is 0 Å². The summed E-state index contributed by atoms with van der Waals surface area (Å²) in [5.74, 6) is -0.574. The highest BCUT2D eigenvalue weighted by molar-refractivity contribution is 8.09. The van der Waals surface area contributed by atoms with E-state index < -0.39 is 30.2 Å². The summed E-state index contributed by atoms with van der Waals surface area (Å²) in [4.78, 5) is 0.0430. The number of sulfone groups is 2. The number of hydrogen-bond donors (Lipinski definition) is 0. The summed E-state index contributed by atoms with van der Waals surface area (Å²) in [5, 5.41) is 0. The smallest absolute Gasteiger partial charge is 0.196 e. The first-order valence-electron chi connectivity index (χ1n) is 6.86. The molecule has 0 aliphatic rings. The van der Waals surface area contributed by atoms with Crippen LogP contribution in [0.25, 0.3) is 0 Å². The monoisotopic (exact) mass is 338 g/mol. The first kappa shape index (κ1) is 16.7. The van der Waals surface area contributed by atoms with Crippen molar-refractivity contribution in [3.63, 3.8) is 0 Å². The third kappa shape index (κ3) is 3.08. The van der Waals surface area contributed by atoms with Crippen LogP contribution in [0.3, 0.4) is 0 Å². The molecule has 0 spiro atoms. The van der Waals surface area contributed by atoms with E-state index in [0.29, 0.717) is 0 Å². The van der Waals surface area contributed by atoms with Crippen molar-refractivity contribution in [1.82, 2.24) is 0 Å². The standard InChI is InChI=1S/C16H18O4S2/c1-13(2)16(21(17,18)14-9-5-3-6-10-14)22(19,20)15-11-7-4-8-12-15/h3-13,16H,1-2H3. The summed E-state index contributed by atoms with van der Waals surface area (Å²) in [7, 11) is -7.99. The van der Waals surface area contributed by atoms with Gasteiger partial charge in [-0.3, -0.25) is 0 Å². The molecule has 0 atom stereocenters. The van der Waals surface area contributed by atoms with Gasteiger partial charge < -0.3 is 0 Å². The Morgan fingerprint density at radius 1 is 0.636 bits per heavy atom. The zero-order chi connectivity index (χ0) is 16.4. The van der Waals surface area contributed by atoms with Crippen LogP contribution < -0.4 is 0 Å². The number of benzene rings is 2. The average Bonchev–Trinajstić information content (AvgIpc) is 2.48. The van der Waals surface area contributed by atoms with E-state index in [1.165, 1.54) is 24.3 Å². The maximum Gasteiger partial charge on any atom is 0.196 e. The molecule has 0 fully saturated rings. The van der Waals surface area contributed by atoms with Crippen LogP contribution in [-0.4, -0.2) is 21.4 Å². The second-order valence-electron chi connectivity index (χ2n) is 5.33. The molecule has 4 nitrogen and oxygen atoms in total. The molecule has 2 aromatic rings. The second kappa shape index (κ2) is 6.22. The molecule has 0 saturated carbocycles. The lowest BCUT2D eigenvalue weighted by atomic mass is 10.3. The summed E-state index contributed by atoms with van der Waals surface area (Å²) < 4.78 is 49.7. The Balaban J connectivity index is 2.62. The fourth-order valence-electron chi connectivity index (χ4n) is 2.37. The van der Waals surface area contributed by atoms with Crippen molar-refractivity contribution in [2.24, 2.45) is 5.92 Å². The fourth-order valence-corrected chi connectivity index (χ4v) is 7.42. The third-order valence-corrected chi connectivity index (χ3v) is 8.99. The summed E-state index contributed by atoms with van der Waals surface area (Å²) >= 11 is 0. The van der Waals surface area contributed by atoms with E-state index in [-0.39, 0.29) is 9.79 Å². The molecule has 0 aliphatic carbocycles. The Morgan fingerprint density at radius 2 is 0.955 bits per heavy atom. The summed E-state index contributed by atoms with van der Waals surface area (Å²) in [6, 6.07) is 15.4. The highest BCUT2D eigenvalue weighted by Crippen LogP contribution is 2.30. The molecular weight excluding hydrogens is 320 g/mol. The molecule has 0 unspecified atom stereocenters. The van der Waals surface area contributed by atoms with Crippen LogP contribution in [0.1, 0.15) is 13.8 Å². The Hall–Kier alpha value is -1.66. The van der Waals surface area contributed by atoms with Crippen LogP contribution in [0.2, 0.25) is 0 Å². The van der Waals surface area contributed by atoms with Crippen LogP contribution in [0, 0.1) is 5.92 Å². The third-order valence-electron chi connectivity index (χ3n) is 3.30. The van der Waals surface area contributed by atoms with Gasteiger partial charge in [-0.05, 0) is 30.2 Å². The van der Waals surface area contributed by atoms with Gasteiger partial charge in [0.15, 0.2) is 24.3 Å². The summed E-state index contributed by atoms with van der Waals surface area (Å²) in [5.41, 5.74) is 0. The quantitative estimate of drug-likeness (QED) is 0.840. The molecule has 6 heteroatoms. The zero-order valence-corrected chi connectivity index (χ0v) is 14.0. The van der Waals surface area contributed by atoms with Gasteiger partial charge in [-0.1, -0.05) is 50.2 Å². The van der Waals surface area contributed by atoms with Gasteiger partial charge in [-0.15, -0.1) is 0 Å². The van der Waals surface area contributed by atoms with Crippen molar-refractivity contribution >= 4 is 19.7 Å². The maximum absolute atomic E-state index is 12.8. The van der Waals surface area contributed by atoms with Crippen LogP contribution in [-0.2, 0) is 19.7 Å². The van der Waals surface area contributed by atoms with Crippen molar-refractivity contribution in [3.8, 4) is 0 Å². The molecule has 118 valence electrons. The van der Waals surface area contributed by atoms with Crippen molar-refractivity contribution in [1.29, 1.82) is 0 Å². The van der Waals surface area contributed by atoms with Crippen molar-refractivity contribution in [3.05, 3.63) is 60.7 Å². The van der Waals surface area contributed by atoms with Crippen LogP contribution in [0.15, 0.2) is 70.5 Å². The Morgan fingerprint density at radius 3 is 1.23 bits per heavy atom. The molecule has 0 radical (unpaired) electrons. The average molecular weight is 338 g/mol. The van der Waals surface area contributed by atoms with E-state index in [1.807, 2.05) is 0 Å². The first-order valence-corrected chi connectivity index (χ1v) is 9.95. The first-order chi connectivity index (χ1) is 10.3. The van der Waals surface area contributed by atoms with Crippen molar-refractivity contribution in [2.75, 3.05) is 0 Å². The predicted molar refractivity (Wildman–Crippen MR) is 85.9 cm³/mol. The van der Waals surface area contributed by atoms with Gasteiger partial charge in [0, 0.05) is 0 Å². The molecule has 2 aromatic carbocycles. The molecular formula is C16H18O4S2. The minimum atomic E-state index is -3.99. The Kier molecular flexibility index (Phi) is 4.72.